The number of anilines is 2. The van der Waals surface area contributed by atoms with Crippen LogP contribution in [-0.4, -0.2) is 77.4 Å². The number of aliphatic hydroxyl groups is 1. The molecule has 2 unspecified atom stereocenters. The smallest absolute Gasteiger partial charge is 0.312 e. The Kier molecular flexibility index (Phi) is 6.85. The van der Waals surface area contributed by atoms with E-state index in [1.807, 2.05) is 31.2 Å². The van der Waals surface area contributed by atoms with Gasteiger partial charge < -0.3 is 29.7 Å². The Bertz CT molecular complexity index is 980. The zero-order valence-corrected chi connectivity index (χ0v) is 21.2. The zero-order chi connectivity index (χ0) is 25.5. The molecule has 1 aromatic rings. The first-order valence-electron chi connectivity index (χ1n) is 12.6. The molecular formula is C26H37N3O6. The monoisotopic (exact) mass is 487 g/mol. The predicted octanol–water partition coefficient (Wildman–Crippen LogP) is 2.18. The van der Waals surface area contributed by atoms with Crippen molar-refractivity contribution in [2.24, 2.45) is 11.8 Å². The maximum absolute atomic E-state index is 13.8. The molecule has 0 aromatic heterocycles. The van der Waals surface area contributed by atoms with Crippen LogP contribution < -0.4 is 10.2 Å². The number of hydrogen-bond donors (Lipinski definition) is 2. The predicted molar refractivity (Wildman–Crippen MR) is 131 cm³/mol. The number of hydrogen-bond acceptors (Lipinski definition) is 7. The van der Waals surface area contributed by atoms with E-state index in [0.29, 0.717) is 18.5 Å². The van der Waals surface area contributed by atoms with E-state index in [1.54, 1.807) is 13.8 Å². The Balaban J connectivity index is 1.67. The summed E-state index contributed by atoms with van der Waals surface area (Å²) in [4.78, 5) is 44.1. The van der Waals surface area contributed by atoms with Crippen LogP contribution in [0.5, 0.6) is 0 Å². The van der Waals surface area contributed by atoms with E-state index in [9.17, 15) is 19.5 Å². The van der Waals surface area contributed by atoms with Crippen LogP contribution in [0, 0.1) is 11.8 Å². The quantitative estimate of drug-likeness (QED) is 0.514. The van der Waals surface area contributed by atoms with E-state index in [2.05, 4.69) is 24.1 Å². The molecule has 3 heterocycles. The molecule has 0 radical (unpaired) electrons. The molecule has 2 amide bonds. The molecule has 2 bridgehead atoms. The molecule has 1 aromatic carbocycles. The summed E-state index contributed by atoms with van der Waals surface area (Å²) in [5.74, 6) is -2.81. The van der Waals surface area contributed by atoms with E-state index in [4.69, 9.17) is 9.47 Å². The van der Waals surface area contributed by atoms with Gasteiger partial charge in [0.15, 0.2) is 0 Å². The lowest BCUT2D eigenvalue weighted by atomic mass is 9.66. The van der Waals surface area contributed by atoms with E-state index in [-0.39, 0.29) is 25.0 Å². The van der Waals surface area contributed by atoms with Crippen molar-refractivity contribution in [3.8, 4) is 0 Å². The van der Waals surface area contributed by atoms with Gasteiger partial charge in [-0.2, -0.15) is 0 Å². The number of aliphatic hydroxyl groups excluding tert-OH is 1. The van der Waals surface area contributed by atoms with Gasteiger partial charge in [0, 0.05) is 24.5 Å². The highest BCUT2D eigenvalue weighted by atomic mass is 16.6. The van der Waals surface area contributed by atoms with Gasteiger partial charge in [-0.05, 0) is 71.7 Å². The van der Waals surface area contributed by atoms with Crippen molar-refractivity contribution >= 4 is 29.2 Å². The first-order valence-corrected chi connectivity index (χ1v) is 12.6. The third-order valence-corrected chi connectivity index (χ3v) is 8.01. The van der Waals surface area contributed by atoms with Gasteiger partial charge in [-0.3, -0.25) is 14.4 Å². The van der Waals surface area contributed by atoms with Crippen LogP contribution in [0.1, 0.15) is 47.5 Å². The normalized spacial score (nSPS) is 31.9. The SMILES string of the molecule is CCOC(=O)[C@@H]1[C@H]2C(=O)N([C@H](C)CO)C(C(=O)Nc3ccc(N(CC)CC)cc3)C23CC[C@@]1(C)O3. The van der Waals surface area contributed by atoms with Gasteiger partial charge in [0.1, 0.15) is 17.6 Å². The first-order chi connectivity index (χ1) is 16.7. The summed E-state index contributed by atoms with van der Waals surface area (Å²) in [6.07, 6.45) is 1.02. The summed E-state index contributed by atoms with van der Waals surface area (Å²) >= 11 is 0. The first kappa shape index (κ1) is 25.4. The Labute approximate surface area is 206 Å². The lowest BCUT2D eigenvalue weighted by Gasteiger charge is -2.35. The average Bonchev–Trinajstić information content (AvgIpc) is 3.41. The van der Waals surface area contributed by atoms with Crippen LogP contribution in [-0.2, 0) is 23.9 Å². The average molecular weight is 488 g/mol. The van der Waals surface area contributed by atoms with Crippen LogP contribution in [0.25, 0.3) is 0 Å². The molecule has 4 rings (SSSR count). The Morgan fingerprint density at radius 2 is 1.89 bits per heavy atom. The fourth-order valence-corrected chi connectivity index (χ4v) is 6.37. The van der Waals surface area contributed by atoms with Gasteiger partial charge in [-0.15, -0.1) is 0 Å². The van der Waals surface area contributed by atoms with E-state index in [1.165, 1.54) is 4.90 Å². The molecule has 6 atom stereocenters. The number of likely N-dealkylation sites (tertiary alicyclic amines) is 1. The van der Waals surface area contributed by atoms with Crippen molar-refractivity contribution in [1.29, 1.82) is 0 Å². The van der Waals surface area contributed by atoms with Gasteiger partial charge in [0.05, 0.1) is 30.8 Å². The summed E-state index contributed by atoms with van der Waals surface area (Å²) in [7, 11) is 0. The summed E-state index contributed by atoms with van der Waals surface area (Å²) in [5, 5.41) is 12.9. The Hall–Kier alpha value is -2.65. The number of benzene rings is 1. The third kappa shape index (κ3) is 3.89. The highest BCUT2D eigenvalue weighted by molar-refractivity contribution is 6.03. The molecule has 1 spiro atoms. The van der Waals surface area contributed by atoms with Crippen LogP contribution >= 0.6 is 0 Å². The minimum absolute atomic E-state index is 0.198. The van der Waals surface area contributed by atoms with Crippen molar-refractivity contribution in [1.82, 2.24) is 4.90 Å². The lowest BCUT2D eigenvalue weighted by molar-refractivity contribution is -0.159. The number of ether oxygens (including phenoxy) is 2. The van der Waals surface area contributed by atoms with Crippen LogP contribution in [0.2, 0.25) is 0 Å². The minimum Gasteiger partial charge on any atom is -0.466 e. The van der Waals surface area contributed by atoms with Crippen molar-refractivity contribution in [2.75, 3.05) is 36.5 Å². The van der Waals surface area contributed by atoms with Gasteiger partial charge in [-0.1, -0.05) is 0 Å². The summed E-state index contributed by atoms with van der Waals surface area (Å²) in [5.41, 5.74) is -0.347. The number of fused-ring (bicyclic) bond motifs is 1. The second kappa shape index (κ2) is 9.43. The molecule has 9 heteroatoms. The summed E-state index contributed by atoms with van der Waals surface area (Å²) in [6, 6.07) is 6.01. The highest BCUT2D eigenvalue weighted by Crippen LogP contribution is 2.63. The summed E-state index contributed by atoms with van der Waals surface area (Å²) < 4.78 is 11.8. The molecular weight excluding hydrogens is 450 g/mol. The maximum atomic E-state index is 13.8. The highest BCUT2D eigenvalue weighted by Gasteiger charge is 2.78. The van der Waals surface area contributed by atoms with Gasteiger partial charge >= 0.3 is 5.97 Å². The molecule has 3 saturated heterocycles. The number of nitrogens with zero attached hydrogens (tertiary/aromatic N) is 2. The van der Waals surface area contributed by atoms with Gasteiger partial charge in [0.25, 0.3) is 0 Å². The zero-order valence-electron chi connectivity index (χ0n) is 21.2. The number of carbonyl (C=O) groups is 3. The molecule has 0 saturated carbocycles. The van der Waals surface area contributed by atoms with Crippen molar-refractivity contribution in [2.45, 2.75) is 70.7 Å². The number of esters is 1. The Morgan fingerprint density at radius 3 is 2.46 bits per heavy atom. The largest absolute Gasteiger partial charge is 0.466 e. The molecule has 3 aliphatic heterocycles. The lowest BCUT2D eigenvalue weighted by Crippen LogP contribution is -2.55. The van der Waals surface area contributed by atoms with Gasteiger partial charge in [0.2, 0.25) is 11.8 Å². The molecule has 35 heavy (non-hydrogen) atoms. The molecule has 3 fully saturated rings. The third-order valence-electron chi connectivity index (χ3n) is 8.01. The van der Waals surface area contributed by atoms with Crippen molar-refractivity contribution in [3.63, 3.8) is 0 Å². The van der Waals surface area contributed by atoms with Crippen molar-refractivity contribution in [3.05, 3.63) is 24.3 Å². The van der Waals surface area contributed by atoms with E-state index in [0.717, 1.165) is 18.8 Å². The Morgan fingerprint density at radius 1 is 1.23 bits per heavy atom. The molecule has 3 aliphatic rings. The topological polar surface area (TPSA) is 108 Å². The molecule has 9 nitrogen and oxygen atoms in total. The number of nitrogens with one attached hydrogen (secondary N) is 1. The molecule has 192 valence electrons. The number of amides is 2. The number of carbonyl (C=O) groups excluding carboxylic acids is 3. The number of rotatable bonds is 9. The molecule has 2 N–H and O–H groups in total. The fourth-order valence-electron chi connectivity index (χ4n) is 6.37. The minimum atomic E-state index is -1.14. The second-order valence-electron chi connectivity index (χ2n) is 9.97. The fraction of sp³-hybridized carbons (Fsp3) is 0.654. The van der Waals surface area contributed by atoms with Crippen LogP contribution in [0.4, 0.5) is 11.4 Å². The standard InChI is InChI=1S/C26H37N3O6/c1-6-28(7-2)18-11-9-17(10-12-18)27-22(31)21-26-14-13-25(5,35-26)20(24(33)34-8-3)19(26)23(32)29(21)16(4)15-30/h9-12,16,19-21,30H,6-8,13-15H2,1-5H3,(H,27,31)/t16-,19+,20+,21?,25-,26?/m1/s1. The molecule has 0 aliphatic carbocycles. The van der Waals surface area contributed by atoms with E-state index < -0.39 is 41.1 Å². The second-order valence-corrected chi connectivity index (χ2v) is 9.97. The van der Waals surface area contributed by atoms with Crippen molar-refractivity contribution < 1.29 is 29.0 Å². The van der Waals surface area contributed by atoms with Crippen LogP contribution in [0.15, 0.2) is 24.3 Å². The van der Waals surface area contributed by atoms with E-state index >= 15 is 0 Å². The maximum Gasteiger partial charge on any atom is 0.312 e. The van der Waals surface area contributed by atoms with Crippen LogP contribution in [0.3, 0.4) is 0 Å². The summed E-state index contributed by atoms with van der Waals surface area (Å²) in [6.45, 7) is 11.1. The van der Waals surface area contributed by atoms with Gasteiger partial charge in [-0.25, -0.2) is 0 Å².